The van der Waals surface area contributed by atoms with Crippen molar-refractivity contribution in [3.8, 4) is 0 Å². The van der Waals surface area contributed by atoms with Gasteiger partial charge in [-0.3, -0.25) is 0 Å². The molecular weight excluding hydrogens is 182 g/mol. The van der Waals surface area contributed by atoms with Gasteiger partial charge in [0.1, 0.15) is 0 Å². The van der Waals surface area contributed by atoms with Gasteiger partial charge in [0.25, 0.3) is 0 Å². The molecule has 0 saturated carbocycles. The summed E-state index contributed by atoms with van der Waals surface area (Å²) in [6.07, 6.45) is 4.86. The highest BCUT2D eigenvalue weighted by molar-refractivity contribution is 7.99. The van der Waals surface area contributed by atoms with Gasteiger partial charge >= 0.3 is 0 Å². The summed E-state index contributed by atoms with van der Waals surface area (Å²) in [6.45, 7) is 2.38. The minimum atomic E-state index is 0.885. The van der Waals surface area contributed by atoms with Crippen molar-refractivity contribution in [1.29, 1.82) is 0 Å². The molecule has 0 amide bonds. The zero-order valence-corrected chi connectivity index (χ0v) is 8.26. The maximum Gasteiger partial charge on any atom is 0.187 e. The van der Waals surface area contributed by atoms with Crippen molar-refractivity contribution in [1.82, 2.24) is 15.3 Å². The van der Waals surface area contributed by atoms with Crippen molar-refractivity contribution in [3.63, 3.8) is 0 Å². The third-order valence-electron chi connectivity index (χ3n) is 2.17. The zero-order chi connectivity index (χ0) is 8.93. The van der Waals surface area contributed by atoms with Crippen LogP contribution in [0.3, 0.4) is 0 Å². The van der Waals surface area contributed by atoms with Crippen molar-refractivity contribution in [2.45, 2.75) is 11.6 Å². The summed E-state index contributed by atoms with van der Waals surface area (Å²) in [4.78, 5) is 8.31. The Hall–Kier alpha value is -0.610. The van der Waals surface area contributed by atoms with Gasteiger partial charge in [-0.05, 0) is 31.5 Å². The van der Waals surface area contributed by atoms with E-state index in [1.165, 1.54) is 19.5 Å². The Morgan fingerprint density at radius 3 is 2.77 bits per heavy atom. The fourth-order valence-electron chi connectivity index (χ4n) is 1.23. The Labute approximate surface area is 82.4 Å². The van der Waals surface area contributed by atoms with Crippen LogP contribution in [0.5, 0.6) is 0 Å². The highest BCUT2D eigenvalue weighted by Crippen LogP contribution is 2.17. The SMILES string of the molecule is c1cnc(SCCC2CNC2)nc1. The predicted octanol–water partition coefficient (Wildman–Crippen LogP) is 1.18. The monoisotopic (exact) mass is 195 g/mol. The summed E-state index contributed by atoms with van der Waals surface area (Å²) in [6, 6.07) is 1.85. The van der Waals surface area contributed by atoms with Gasteiger partial charge in [-0.25, -0.2) is 9.97 Å². The van der Waals surface area contributed by atoms with Gasteiger partial charge in [0.05, 0.1) is 0 Å². The van der Waals surface area contributed by atoms with Crippen molar-refractivity contribution in [2.24, 2.45) is 5.92 Å². The first-order valence-corrected chi connectivity index (χ1v) is 5.54. The van der Waals surface area contributed by atoms with Gasteiger partial charge < -0.3 is 5.32 Å². The van der Waals surface area contributed by atoms with Crippen LogP contribution in [0, 0.1) is 5.92 Å². The summed E-state index contributed by atoms with van der Waals surface area (Å²) in [7, 11) is 0. The van der Waals surface area contributed by atoms with Crippen LogP contribution in [0.1, 0.15) is 6.42 Å². The van der Waals surface area contributed by atoms with Crippen LogP contribution in [0.4, 0.5) is 0 Å². The molecule has 1 aromatic heterocycles. The van der Waals surface area contributed by atoms with Gasteiger partial charge in [-0.1, -0.05) is 11.8 Å². The third-order valence-corrected chi connectivity index (χ3v) is 3.07. The first kappa shape index (κ1) is 8.97. The average Bonchev–Trinajstić information content (AvgIpc) is 2.11. The minimum Gasteiger partial charge on any atom is -0.316 e. The fourth-order valence-corrected chi connectivity index (χ4v) is 2.13. The lowest BCUT2D eigenvalue weighted by Gasteiger charge is -2.26. The summed E-state index contributed by atoms with van der Waals surface area (Å²) in [5.74, 6) is 2.02. The Kier molecular flexibility index (Phi) is 3.16. The first-order valence-electron chi connectivity index (χ1n) is 4.55. The Balaban J connectivity index is 1.67. The maximum absolute atomic E-state index is 4.16. The van der Waals surface area contributed by atoms with E-state index in [0.717, 1.165) is 16.8 Å². The lowest BCUT2D eigenvalue weighted by atomic mass is 10.0. The van der Waals surface area contributed by atoms with Gasteiger partial charge in [0.2, 0.25) is 0 Å². The molecule has 4 heteroatoms. The summed E-state index contributed by atoms with van der Waals surface area (Å²) < 4.78 is 0. The molecule has 0 bridgehead atoms. The summed E-state index contributed by atoms with van der Waals surface area (Å²) in [5.41, 5.74) is 0. The lowest BCUT2D eigenvalue weighted by Crippen LogP contribution is -2.42. The van der Waals surface area contributed by atoms with Crippen molar-refractivity contribution >= 4 is 11.8 Å². The number of rotatable bonds is 4. The number of hydrogen-bond donors (Lipinski definition) is 1. The normalized spacial score (nSPS) is 16.9. The largest absolute Gasteiger partial charge is 0.316 e. The molecule has 3 nitrogen and oxygen atoms in total. The van der Waals surface area contributed by atoms with Crippen molar-refractivity contribution < 1.29 is 0 Å². The number of thioether (sulfide) groups is 1. The number of hydrogen-bond acceptors (Lipinski definition) is 4. The van der Waals surface area contributed by atoms with Gasteiger partial charge in [0.15, 0.2) is 5.16 Å². The minimum absolute atomic E-state index is 0.885. The second kappa shape index (κ2) is 4.58. The van der Waals surface area contributed by atoms with Gasteiger partial charge in [0, 0.05) is 18.1 Å². The highest BCUT2D eigenvalue weighted by atomic mass is 32.2. The van der Waals surface area contributed by atoms with Crippen LogP contribution in [-0.4, -0.2) is 28.8 Å². The standard InChI is InChI=1S/C9H13N3S/c1-3-11-9(12-4-1)13-5-2-8-6-10-7-8/h1,3-4,8,10H,2,5-7H2. The molecule has 0 aliphatic carbocycles. The first-order chi connectivity index (χ1) is 6.45. The van der Waals surface area contributed by atoms with E-state index in [-0.39, 0.29) is 0 Å². The van der Waals surface area contributed by atoms with Crippen molar-refractivity contribution in [3.05, 3.63) is 18.5 Å². The number of nitrogens with zero attached hydrogens (tertiary/aromatic N) is 2. The smallest absolute Gasteiger partial charge is 0.187 e. The second-order valence-electron chi connectivity index (χ2n) is 3.19. The fraction of sp³-hybridized carbons (Fsp3) is 0.556. The number of nitrogens with one attached hydrogen (secondary N) is 1. The third kappa shape index (κ3) is 2.67. The second-order valence-corrected chi connectivity index (χ2v) is 4.25. The predicted molar refractivity (Wildman–Crippen MR) is 53.7 cm³/mol. The topological polar surface area (TPSA) is 37.8 Å². The molecule has 0 radical (unpaired) electrons. The van der Waals surface area contributed by atoms with E-state index >= 15 is 0 Å². The molecule has 1 aromatic rings. The van der Waals surface area contributed by atoms with Crippen LogP contribution in [0.15, 0.2) is 23.6 Å². The molecule has 0 aromatic carbocycles. The van der Waals surface area contributed by atoms with E-state index in [9.17, 15) is 0 Å². The number of aromatic nitrogens is 2. The van der Waals surface area contributed by atoms with Crippen molar-refractivity contribution in [2.75, 3.05) is 18.8 Å². The van der Waals surface area contributed by atoms with E-state index in [1.807, 2.05) is 6.07 Å². The molecule has 1 saturated heterocycles. The van der Waals surface area contributed by atoms with Crippen LogP contribution < -0.4 is 5.32 Å². The zero-order valence-electron chi connectivity index (χ0n) is 7.44. The molecule has 0 atom stereocenters. The molecule has 1 aliphatic rings. The van der Waals surface area contributed by atoms with Crippen LogP contribution in [-0.2, 0) is 0 Å². The van der Waals surface area contributed by atoms with E-state index in [1.54, 1.807) is 24.2 Å². The molecule has 13 heavy (non-hydrogen) atoms. The molecule has 2 heterocycles. The molecule has 70 valence electrons. The van der Waals surface area contributed by atoms with E-state index < -0.39 is 0 Å². The Morgan fingerprint density at radius 1 is 1.38 bits per heavy atom. The molecule has 1 N–H and O–H groups in total. The Morgan fingerprint density at radius 2 is 2.15 bits per heavy atom. The molecule has 2 rings (SSSR count). The van der Waals surface area contributed by atoms with Crippen LogP contribution in [0.25, 0.3) is 0 Å². The van der Waals surface area contributed by atoms with E-state index in [2.05, 4.69) is 15.3 Å². The average molecular weight is 195 g/mol. The highest BCUT2D eigenvalue weighted by Gasteiger charge is 2.15. The van der Waals surface area contributed by atoms with Gasteiger partial charge in [-0.15, -0.1) is 0 Å². The van der Waals surface area contributed by atoms with Gasteiger partial charge in [-0.2, -0.15) is 0 Å². The lowest BCUT2D eigenvalue weighted by molar-refractivity contribution is 0.341. The molecule has 0 spiro atoms. The van der Waals surface area contributed by atoms with Crippen LogP contribution >= 0.6 is 11.8 Å². The molecular formula is C9H13N3S. The maximum atomic E-state index is 4.16. The van der Waals surface area contributed by atoms with E-state index in [0.29, 0.717) is 0 Å². The molecule has 1 aliphatic heterocycles. The Bertz CT molecular complexity index is 248. The van der Waals surface area contributed by atoms with Crippen LogP contribution in [0.2, 0.25) is 0 Å². The molecule has 0 unspecified atom stereocenters. The summed E-state index contributed by atoms with van der Waals surface area (Å²) >= 11 is 1.75. The quantitative estimate of drug-likeness (QED) is 0.578. The molecule has 1 fully saturated rings. The summed E-state index contributed by atoms with van der Waals surface area (Å²) in [5, 5.41) is 4.17. The van der Waals surface area contributed by atoms with E-state index in [4.69, 9.17) is 0 Å².